The standard InChI is InChI=1S/C21H22ClF2N3O4/c1-21(2,10-28)26-20(31)18(29)17-16(22)15(14-5-3-4-8-27(14)17)19(30)25-11-6-7-12(23)13(24)9-11/h6-7,9,28H,3-5,8,10H2,1-2H3,(H,25,30)(H,26,31). The van der Waals surface area contributed by atoms with Crippen molar-refractivity contribution in [2.75, 3.05) is 11.9 Å². The van der Waals surface area contributed by atoms with Crippen LogP contribution in [0, 0.1) is 11.6 Å². The number of aromatic nitrogens is 1. The molecule has 0 saturated carbocycles. The molecular formula is C21H22ClF2N3O4. The van der Waals surface area contributed by atoms with Crippen LogP contribution in [0.1, 0.15) is 53.2 Å². The maximum Gasteiger partial charge on any atom is 0.294 e. The molecule has 0 saturated heterocycles. The summed E-state index contributed by atoms with van der Waals surface area (Å²) < 4.78 is 28.2. The number of hydrogen-bond donors (Lipinski definition) is 3. The molecule has 0 radical (unpaired) electrons. The Hall–Kier alpha value is -2.78. The second-order valence-electron chi connectivity index (χ2n) is 8.00. The van der Waals surface area contributed by atoms with Crippen molar-refractivity contribution < 1.29 is 28.3 Å². The zero-order chi connectivity index (χ0) is 22.9. The van der Waals surface area contributed by atoms with E-state index in [1.54, 1.807) is 18.4 Å². The fraction of sp³-hybridized carbons (Fsp3) is 0.381. The zero-order valence-electron chi connectivity index (χ0n) is 17.0. The summed E-state index contributed by atoms with van der Waals surface area (Å²) in [5, 5.41) is 14.1. The van der Waals surface area contributed by atoms with E-state index in [2.05, 4.69) is 10.6 Å². The minimum Gasteiger partial charge on any atom is -0.394 e. The number of fused-ring (bicyclic) bond motifs is 1. The summed E-state index contributed by atoms with van der Waals surface area (Å²) in [7, 11) is 0. The molecule has 1 aliphatic rings. The maximum absolute atomic E-state index is 13.5. The number of aliphatic hydroxyl groups excluding tert-OH is 1. The lowest BCUT2D eigenvalue weighted by Gasteiger charge is -2.23. The van der Waals surface area contributed by atoms with Crippen molar-refractivity contribution in [3.8, 4) is 0 Å². The maximum atomic E-state index is 13.5. The third-order valence-electron chi connectivity index (χ3n) is 5.03. The smallest absolute Gasteiger partial charge is 0.294 e. The van der Waals surface area contributed by atoms with Gasteiger partial charge in [0.05, 0.1) is 22.7 Å². The molecule has 0 fully saturated rings. The number of anilines is 1. The van der Waals surface area contributed by atoms with Crippen LogP contribution < -0.4 is 10.6 Å². The topological polar surface area (TPSA) is 100 Å². The Bertz CT molecular complexity index is 1070. The molecule has 31 heavy (non-hydrogen) atoms. The molecule has 1 aromatic heterocycles. The van der Waals surface area contributed by atoms with Gasteiger partial charge in [0.15, 0.2) is 11.6 Å². The fourth-order valence-electron chi connectivity index (χ4n) is 3.43. The summed E-state index contributed by atoms with van der Waals surface area (Å²) in [6.45, 7) is 3.11. The van der Waals surface area contributed by atoms with Gasteiger partial charge in [-0.2, -0.15) is 0 Å². The number of aliphatic hydroxyl groups is 1. The second-order valence-corrected chi connectivity index (χ2v) is 8.38. The molecule has 1 aromatic carbocycles. The van der Waals surface area contributed by atoms with Crippen molar-refractivity contribution in [3.63, 3.8) is 0 Å². The number of rotatable bonds is 6. The van der Waals surface area contributed by atoms with Gasteiger partial charge in [-0.1, -0.05) is 11.6 Å². The first kappa shape index (κ1) is 22.9. The summed E-state index contributed by atoms with van der Waals surface area (Å²) in [5.41, 5.74) is -0.606. The van der Waals surface area contributed by atoms with Crippen LogP contribution >= 0.6 is 11.6 Å². The minimum absolute atomic E-state index is 0.0173. The number of nitrogens with zero attached hydrogens (tertiary/aromatic N) is 1. The lowest BCUT2D eigenvalue weighted by molar-refractivity contribution is -0.119. The number of benzene rings is 1. The fourth-order valence-corrected chi connectivity index (χ4v) is 3.82. The number of hydrogen-bond acceptors (Lipinski definition) is 4. The van der Waals surface area contributed by atoms with Gasteiger partial charge in [0.25, 0.3) is 17.6 Å². The quantitative estimate of drug-likeness (QED) is 0.462. The van der Waals surface area contributed by atoms with Crippen LogP contribution in [0.2, 0.25) is 5.02 Å². The van der Waals surface area contributed by atoms with Crippen molar-refractivity contribution >= 4 is 34.9 Å². The number of amides is 2. The van der Waals surface area contributed by atoms with E-state index in [1.807, 2.05) is 0 Å². The van der Waals surface area contributed by atoms with E-state index in [4.69, 9.17) is 11.6 Å². The van der Waals surface area contributed by atoms with Crippen LogP contribution in [-0.4, -0.2) is 39.4 Å². The number of ketones is 1. The monoisotopic (exact) mass is 453 g/mol. The van der Waals surface area contributed by atoms with Gasteiger partial charge < -0.3 is 20.3 Å². The van der Waals surface area contributed by atoms with Gasteiger partial charge in [-0.25, -0.2) is 8.78 Å². The molecule has 2 amide bonds. The van der Waals surface area contributed by atoms with Crippen LogP contribution in [0.3, 0.4) is 0 Å². The van der Waals surface area contributed by atoms with Crippen LogP contribution in [0.15, 0.2) is 18.2 Å². The highest BCUT2D eigenvalue weighted by Gasteiger charge is 2.35. The molecule has 10 heteroatoms. The van der Waals surface area contributed by atoms with Crippen LogP contribution in [0.5, 0.6) is 0 Å². The van der Waals surface area contributed by atoms with Crippen molar-refractivity contribution in [3.05, 3.63) is 51.8 Å². The normalized spacial score (nSPS) is 13.5. The first-order valence-electron chi connectivity index (χ1n) is 9.70. The lowest BCUT2D eigenvalue weighted by Crippen LogP contribution is -2.49. The second kappa shape index (κ2) is 8.76. The first-order chi connectivity index (χ1) is 14.6. The largest absolute Gasteiger partial charge is 0.394 e. The van der Waals surface area contributed by atoms with E-state index in [-0.39, 0.29) is 28.6 Å². The summed E-state index contributed by atoms with van der Waals surface area (Å²) in [6, 6.07) is 2.91. The number of carbonyl (C=O) groups is 3. The van der Waals surface area contributed by atoms with Crippen LogP contribution in [0.4, 0.5) is 14.5 Å². The predicted octanol–water partition coefficient (Wildman–Crippen LogP) is 3.08. The van der Waals surface area contributed by atoms with E-state index < -0.39 is 34.8 Å². The number of carbonyl (C=O) groups excluding carboxylic acids is 3. The Morgan fingerprint density at radius 3 is 2.55 bits per heavy atom. The van der Waals surface area contributed by atoms with E-state index >= 15 is 0 Å². The van der Waals surface area contributed by atoms with Crippen LogP contribution in [0.25, 0.3) is 0 Å². The number of halogens is 3. The summed E-state index contributed by atoms with van der Waals surface area (Å²) in [5.74, 6) is -4.76. The molecule has 2 aromatic rings. The minimum atomic E-state index is -1.12. The molecule has 0 aliphatic carbocycles. The Labute approximate surface area is 182 Å². The molecular weight excluding hydrogens is 432 g/mol. The Kier molecular flexibility index (Phi) is 6.47. The summed E-state index contributed by atoms with van der Waals surface area (Å²) in [6.07, 6.45) is 1.94. The third-order valence-corrected chi connectivity index (χ3v) is 5.40. The molecule has 3 N–H and O–H groups in total. The lowest BCUT2D eigenvalue weighted by atomic mass is 10.1. The van der Waals surface area contributed by atoms with Gasteiger partial charge in [-0.3, -0.25) is 14.4 Å². The molecule has 0 bridgehead atoms. The Morgan fingerprint density at radius 2 is 1.90 bits per heavy atom. The van der Waals surface area contributed by atoms with Gasteiger partial charge in [-0.05, 0) is 45.2 Å². The third kappa shape index (κ3) is 4.62. The molecule has 0 atom stereocenters. The molecule has 0 unspecified atom stereocenters. The molecule has 0 spiro atoms. The highest BCUT2D eigenvalue weighted by Crippen LogP contribution is 2.33. The number of Topliss-reactive ketones (excluding diaryl/α,β-unsaturated/α-hetero) is 1. The van der Waals surface area contributed by atoms with E-state index in [0.29, 0.717) is 18.7 Å². The summed E-state index contributed by atoms with van der Waals surface area (Å²) >= 11 is 6.42. The van der Waals surface area contributed by atoms with Crippen molar-refractivity contribution in [2.45, 2.75) is 45.2 Å². The molecule has 1 aliphatic heterocycles. The van der Waals surface area contributed by atoms with E-state index in [1.165, 1.54) is 6.07 Å². The number of nitrogens with one attached hydrogen (secondary N) is 2. The molecule has 2 heterocycles. The van der Waals surface area contributed by atoms with Crippen molar-refractivity contribution in [1.82, 2.24) is 9.88 Å². The van der Waals surface area contributed by atoms with Gasteiger partial charge in [-0.15, -0.1) is 0 Å². The van der Waals surface area contributed by atoms with E-state index in [0.717, 1.165) is 25.0 Å². The molecule has 3 rings (SSSR count). The molecule has 7 nitrogen and oxygen atoms in total. The highest BCUT2D eigenvalue weighted by atomic mass is 35.5. The van der Waals surface area contributed by atoms with Gasteiger partial charge >= 0.3 is 0 Å². The Morgan fingerprint density at radius 1 is 1.19 bits per heavy atom. The highest BCUT2D eigenvalue weighted by molar-refractivity contribution is 6.48. The summed E-state index contributed by atoms with van der Waals surface area (Å²) in [4.78, 5) is 38.3. The SMILES string of the molecule is CC(C)(CO)NC(=O)C(=O)c1c(Cl)c(C(=O)Nc2ccc(F)c(F)c2)c2n1CCCC2. The van der Waals surface area contributed by atoms with Gasteiger partial charge in [0.1, 0.15) is 5.69 Å². The van der Waals surface area contributed by atoms with E-state index in [9.17, 15) is 28.3 Å². The van der Waals surface area contributed by atoms with Crippen molar-refractivity contribution in [1.29, 1.82) is 0 Å². The van der Waals surface area contributed by atoms with Crippen molar-refractivity contribution in [2.24, 2.45) is 0 Å². The van der Waals surface area contributed by atoms with Gasteiger partial charge in [0, 0.05) is 24.0 Å². The van der Waals surface area contributed by atoms with Crippen LogP contribution in [-0.2, 0) is 17.8 Å². The molecule has 166 valence electrons. The Balaban J connectivity index is 1.98. The average molecular weight is 454 g/mol. The first-order valence-corrected chi connectivity index (χ1v) is 10.1. The zero-order valence-corrected chi connectivity index (χ0v) is 17.8. The predicted molar refractivity (Wildman–Crippen MR) is 110 cm³/mol. The van der Waals surface area contributed by atoms with Gasteiger partial charge in [0.2, 0.25) is 0 Å². The average Bonchev–Trinajstić information content (AvgIpc) is 3.01.